The summed E-state index contributed by atoms with van der Waals surface area (Å²) in [7, 11) is 0. The summed E-state index contributed by atoms with van der Waals surface area (Å²) in [5.74, 6) is 1.28. The highest BCUT2D eigenvalue weighted by Gasteiger charge is 2.41. The standard InChI is InChI=1S/C14H24N2O3S/c1-3-14(12(17)18)4-6-15(7-5-14)13(19)16-8-9-20-10-11(16)2/h11H,3-10H2,1-2H3,(H,17,18). The summed E-state index contributed by atoms with van der Waals surface area (Å²) < 4.78 is 0. The van der Waals surface area contributed by atoms with E-state index >= 15 is 0 Å². The first-order valence-corrected chi connectivity index (χ1v) is 8.52. The van der Waals surface area contributed by atoms with Crippen LogP contribution in [0, 0.1) is 5.41 Å². The first-order chi connectivity index (χ1) is 9.50. The Balaban J connectivity index is 1.96. The third-order valence-electron chi connectivity index (χ3n) is 4.73. The summed E-state index contributed by atoms with van der Waals surface area (Å²) in [6, 6.07) is 0.367. The van der Waals surface area contributed by atoms with Crippen LogP contribution in [0.25, 0.3) is 0 Å². The van der Waals surface area contributed by atoms with Crippen molar-refractivity contribution in [3.8, 4) is 0 Å². The number of amides is 2. The molecule has 2 amide bonds. The second-order valence-corrected chi connectivity index (χ2v) is 6.98. The summed E-state index contributed by atoms with van der Waals surface area (Å²) >= 11 is 1.89. The van der Waals surface area contributed by atoms with Crippen LogP contribution in [-0.2, 0) is 4.79 Å². The average Bonchev–Trinajstić information content (AvgIpc) is 2.47. The molecule has 0 saturated carbocycles. The SMILES string of the molecule is CCC1(C(=O)O)CCN(C(=O)N2CCSCC2C)CC1. The summed E-state index contributed by atoms with van der Waals surface area (Å²) in [5.41, 5.74) is -0.625. The molecule has 0 aliphatic carbocycles. The maximum Gasteiger partial charge on any atom is 0.320 e. The number of carbonyl (C=O) groups excluding carboxylic acids is 1. The van der Waals surface area contributed by atoms with Crippen molar-refractivity contribution in [1.82, 2.24) is 9.80 Å². The van der Waals surface area contributed by atoms with Crippen LogP contribution in [0.15, 0.2) is 0 Å². The average molecular weight is 300 g/mol. The number of thioether (sulfide) groups is 1. The molecule has 2 aliphatic rings. The van der Waals surface area contributed by atoms with Gasteiger partial charge in [-0.15, -0.1) is 0 Å². The molecule has 2 fully saturated rings. The Morgan fingerprint density at radius 1 is 1.30 bits per heavy atom. The lowest BCUT2D eigenvalue weighted by Gasteiger charge is -2.42. The maximum atomic E-state index is 12.5. The third-order valence-corrected chi connectivity index (χ3v) is 5.92. The number of nitrogens with zero attached hydrogens (tertiary/aromatic N) is 2. The molecule has 0 radical (unpaired) electrons. The van der Waals surface area contributed by atoms with E-state index in [1.54, 1.807) is 0 Å². The number of urea groups is 1. The number of hydrogen-bond donors (Lipinski definition) is 1. The second kappa shape index (κ2) is 6.24. The van der Waals surface area contributed by atoms with Crippen LogP contribution in [0.2, 0.25) is 0 Å². The minimum Gasteiger partial charge on any atom is -0.481 e. The van der Waals surface area contributed by atoms with Crippen molar-refractivity contribution in [3.05, 3.63) is 0 Å². The number of carbonyl (C=O) groups is 2. The van der Waals surface area contributed by atoms with E-state index < -0.39 is 11.4 Å². The predicted molar refractivity (Wildman–Crippen MR) is 80.1 cm³/mol. The van der Waals surface area contributed by atoms with E-state index in [1.165, 1.54) is 0 Å². The fourth-order valence-electron chi connectivity index (χ4n) is 3.04. The highest BCUT2D eigenvalue weighted by Crippen LogP contribution is 2.35. The van der Waals surface area contributed by atoms with Crippen molar-refractivity contribution >= 4 is 23.8 Å². The zero-order valence-corrected chi connectivity index (χ0v) is 13.1. The van der Waals surface area contributed by atoms with Crippen LogP contribution in [0.5, 0.6) is 0 Å². The van der Waals surface area contributed by atoms with Crippen molar-refractivity contribution in [2.75, 3.05) is 31.1 Å². The number of carboxylic acids is 1. The molecular formula is C14H24N2O3S. The van der Waals surface area contributed by atoms with Gasteiger partial charge in [-0.3, -0.25) is 4.79 Å². The van der Waals surface area contributed by atoms with Crippen molar-refractivity contribution in [3.63, 3.8) is 0 Å². The van der Waals surface area contributed by atoms with Crippen LogP contribution in [0.4, 0.5) is 4.79 Å². The van der Waals surface area contributed by atoms with Crippen molar-refractivity contribution < 1.29 is 14.7 Å². The highest BCUT2D eigenvalue weighted by molar-refractivity contribution is 7.99. The van der Waals surface area contributed by atoms with Gasteiger partial charge in [0.2, 0.25) is 0 Å². The molecule has 0 aromatic carbocycles. The number of aliphatic carboxylic acids is 1. The molecule has 20 heavy (non-hydrogen) atoms. The molecule has 2 heterocycles. The van der Waals surface area contributed by atoms with E-state index in [0.29, 0.717) is 32.4 Å². The van der Waals surface area contributed by atoms with E-state index in [-0.39, 0.29) is 12.1 Å². The van der Waals surface area contributed by atoms with Gasteiger partial charge in [0.05, 0.1) is 5.41 Å². The molecule has 2 rings (SSSR count). The van der Waals surface area contributed by atoms with Crippen LogP contribution in [-0.4, -0.2) is 64.1 Å². The zero-order valence-electron chi connectivity index (χ0n) is 12.3. The molecule has 1 atom stereocenters. The quantitative estimate of drug-likeness (QED) is 0.848. The summed E-state index contributed by atoms with van der Waals surface area (Å²) in [4.78, 5) is 27.7. The molecule has 1 unspecified atom stereocenters. The fraction of sp³-hybridized carbons (Fsp3) is 0.857. The molecule has 6 heteroatoms. The van der Waals surface area contributed by atoms with Gasteiger partial charge in [0, 0.05) is 37.2 Å². The number of rotatable bonds is 2. The molecule has 0 aromatic heterocycles. The van der Waals surface area contributed by atoms with E-state index in [4.69, 9.17) is 0 Å². The number of piperidine rings is 1. The monoisotopic (exact) mass is 300 g/mol. The highest BCUT2D eigenvalue weighted by atomic mass is 32.2. The third kappa shape index (κ3) is 2.90. The van der Waals surface area contributed by atoms with Gasteiger partial charge >= 0.3 is 12.0 Å². The Morgan fingerprint density at radius 2 is 1.95 bits per heavy atom. The molecule has 5 nitrogen and oxygen atoms in total. The minimum atomic E-state index is -0.713. The smallest absolute Gasteiger partial charge is 0.320 e. The van der Waals surface area contributed by atoms with E-state index in [2.05, 4.69) is 6.92 Å². The first kappa shape index (κ1) is 15.5. The lowest BCUT2D eigenvalue weighted by atomic mass is 9.76. The molecule has 0 aromatic rings. The van der Waals surface area contributed by atoms with E-state index in [9.17, 15) is 14.7 Å². The molecule has 1 N–H and O–H groups in total. The molecule has 0 bridgehead atoms. The van der Waals surface area contributed by atoms with Crippen molar-refractivity contribution in [2.24, 2.45) is 5.41 Å². The summed E-state index contributed by atoms with van der Waals surface area (Å²) in [5, 5.41) is 9.39. The Bertz CT molecular complexity index is 381. The van der Waals surface area contributed by atoms with Gasteiger partial charge in [-0.05, 0) is 26.2 Å². The molecule has 0 spiro atoms. The van der Waals surface area contributed by atoms with E-state index in [1.807, 2.05) is 28.5 Å². The lowest BCUT2D eigenvalue weighted by Crippen LogP contribution is -2.54. The number of hydrogen-bond acceptors (Lipinski definition) is 3. The van der Waals surface area contributed by atoms with Crippen LogP contribution < -0.4 is 0 Å². The lowest BCUT2D eigenvalue weighted by molar-refractivity contribution is -0.152. The van der Waals surface area contributed by atoms with Crippen LogP contribution in [0.1, 0.15) is 33.1 Å². The fourth-order valence-corrected chi connectivity index (χ4v) is 4.05. The zero-order chi connectivity index (χ0) is 14.8. The Morgan fingerprint density at radius 3 is 2.45 bits per heavy atom. The van der Waals surface area contributed by atoms with Gasteiger partial charge < -0.3 is 14.9 Å². The molecule has 114 valence electrons. The Labute approximate surface area is 124 Å². The molecule has 2 aliphatic heterocycles. The predicted octanol–water partition coefficient (Wildman–Crippen LogP) is 2.12. The Hall–Kier alpha value is -0.910. The Kier molecular flexibility index (Phi) is 4.83. The van der Waals surface area contributed by atoms with Gasteiger partial charge in [0.15, 0.2) is 0 Å². The molecule has 2 saturated heterocycles. The summed E-state index contributed by atoms with van der Waals surface area (Å²) in [6.45, 7) is 5.95. The van der Waals surface area contributed by atoms with Gasteiger partial charge in [-0.1, -0.05) is 6.92 Å². The van der Waals surface area contributed by atoms with Crippen molar-refractivity contribution in [1.29, 1.82) is 0 Å². The maximum absolute atomic E-state index is 12.5. The first-order valence-electron chi connectivity index (χ1n) is 7.37. The molecular weight excluding hydrogens is 276 g/mol. The van der Waals surface area contributed by atoms with Crippen LogP contribution >= 0.6 is 11.8 Å². The normalized spacial score (nSPS) is 26.4. The minimum absolute atomic E-state index is 0.0906. The topological polar surface area (TPSA) is 60.9 Å². The largest absolute Gasteiger partial charge is 0.481 e. The van der Waals surface area contributed by atoms with Gasteiger partial charge in [0.1, 0.15) is 0 Å². The van der Waals surface area contributed by atoms with E-state index in [0.717, 1.165) is 18.1 Å². The van der Waals surface area contributed by atoms with Gasteiger partial charge in [-0.25, -0.2) is 4.79 Å². The second-order valence-electron chi connectivity index (χ2n) is 5.83. The van der Waals surface area contributed by atoms with Crippen LogP contribution in [0.3, 0.4) is 0 Å². The summed E-state index contributed by atoms with van der Waals surface area (Å²) in [6.07, 6.45) is 1.78. The number of likely N-dealkylation sites (tertiary alicyclic amines) is 1. The van der Waals surface area contributed by atoms with Crippen molar-refractivity contribution in [2.45, 2.75) is 39.2 Å². The van der Waals surface area contributed by atoms with Gasteiger partial charge in [0.25, 0.3) is 0 Å². The number of carboxylic acid groups (broad SMARTS) is 1. The van der Waals surface area contributed by atoms with Gasteiger partial charge in [-0.2, -0.15) is 11.8 Å².